The van der Waals surface area contributed by atoms with E-state index in [2.05, 4.69) is 10.2 Å². The summed E-state index contributed by atoms with van der Waals surface area (Å²) in [6, 6.07) is 6.84. The standard InChI is InChI=1S/C16H24FN3O.ClH/c1-12(14-6-2-3-7-15(14)17)20-10-4-5-13(11-20)16(21)19-9-8-18;/h2-3,6-7,12-13H,4-5,8-11,18H2,1H3,(H,19,21);1H. The predicted molar refractivity (Wildman–Crippen MR) is 88.4 cm³/mol. The quantitative estimate of drug-likeness (QED) is 0.869. The average Bonchev–Trinajstić information content (AvgIpc) is 2.52. The predicted octanol–water partition coefficient (Wildman–Crippen LogP) is 2.10. The second kappa shape index (κ2) is 9.08. The zero-order valence-corrected chi connectivity index (χ0v) is 13.7. The molecule has 1 aliphatic heterocycles. The third kappa shape index (κ3) is 4.66. The van der Waals surface area contributed by atoms with Crippen LogP contribution in [0.1, 0.15) is 31.4 Å². The van der Waals surface area contributed by atoms with E-state index in [0.29, 0.717) is 25.2 Å². The van der Waals surface area contributed by atoms with Crippen LogP contribution in [0.25, 0.3) is 0 Å². The summed E-state index contributed by atoms with van der Waals surface area (Å²) in [7, 11) is 0. The van der Waals surface area contributed by atoms with Crippen LogP contribution in [-0.2, 0) is 4.79 Å². The van der Waals surface area contributed by atoms with Crippen molar-refractivity contribution in [3.8, 4) is 0 Å². The lowest BCUT2D eigenvalue weighted by Gasteiger charge is -2.36. The lowest BCUT2D eigenvalue weighted by molar-refractivity contribution is -0.126. The minimum atomic E-state index is -0.181. The number of nitrogens with zero attached hydrogens (tertiary/aromatic N) is 1. The van der Waals surface area contributed by atoms with Crippen LogP contribution in [-0.4, -0.2) is 37.0 Å². The molecule has 1 aliphatic rings. The second-order valence-electron chi connectivity index (χ2n) is 5.61. The summed E-state index contributed by atoms with van der Waals surface area (Å²) in [6.07, 6.45) is 1.84. The first-order valence-corrected chi connectivity index (χ1v) is 7.59. The molecule has 1 saturated heterocycles. The molecule has 4 nitrogen and oxygen atoms in total. The highest BCUT2D eigenvalue weighted by Gasteiger charge is 2.29. The van der Waals surface area contributed by atoms with E-state index in [1.54, 1.807) is 6.07 Å². The molecule has 0 saturated carbocycles. The Kier molecular flexibility index (Phi) is 7.79. The molecule has 1 amide bonds. The van der Waals surface area contributed by atoms with Crippen LogP contribution in [0, 0.1) is 11.7 Å². The number of hydrogen-bond donors (Lipinski definition) is 2. The number of rotatable bonds is 5. The van der Waals surface area contributed by atoms with E-state index in [4.69, 9.17) is 5.73 Å². The largest absolute Gasteiger partial charge is 0.355 e. The molecule has 1 heterocycles. The number of amides is 1. The van der Waals surface area contributed by atoms with Gasteiger partial charge >= 0.3 is 0 Å². The Bertz CT molecular complexity index is 486. The highest BCUT2D eigenvalue weighted by molar-refractivity contribution is 5.85. The fourth-order valence-corrected chi connectivity index (χ4v) is 2.92. The molecular formula is C16H25ClFN3O. The molecule has 2 unspecified atom stereocenters. The Morgan fingerprint density at radius 1 is 1.50 bits per heavy atom. The van der Waals surface area contributed by atoms with Crippen molar-refractivity contribution in [2.75, 3.05) is 26.2 Å². The molecule has 1 aromatic rings. The number of benzene rings is 1. The summed E-state index contributed by atoms with van der Waals surface area (Å²) in [6.45, 7) is 4.53. The van der Waals surface area contributed by atoms with Crippen molar-refractivity contribution in [1.82, 2.24) is 10.2 Å². The van der Waals surface area contributed by atoms with Crippen molar-refractivity contribution in [1.29, 1.82) is 0 Å². The van der Waals surface area contributed by atoms with Crippen molar-refractivity contribution in [2.45, 2.75) is 25.8 Å². The first kappa shape index (κ1) is 18.9. The van der Waals surface area contributed by atoms with Gasteiger partial charge in [-0.05, 0) is 32.4 Å². The molecule has 1 fully saturated rings. The monoisotopic (exact) mass is 329 g/mol. The fraction of sp³-hybridized carbons (Fsp3) is 0.562. The van der Waals surface area contributed by atoms with Crippen molar-refractivity contribution in [3.05, 3.63) is 35.6 Å². The molecular weight excluding hydrogens is 305 g/mol. The third-order valence-electron chi connectivity index (χ3n) is 4.17. The molecule has 3 N–H and O–H groups in total. The molecule has 2 atom stereocenters. The van der Waals surface area contributed by atoms with Gasteiger partial charge in [-0.25, -0.2) is 4.39 Å². The molecule has 124 valence electrons. The maximum absolute atomic E-state index is 13.9. The first-order valence-electron chi connectivity index (χ1n) is 7.59. The van der Waals surface area contributed by atoms with Crippen LogP contribution in [0.3, 0.4) is 0 Å². The van der Waals surface area contributed by atoms with Crippen LogP contribution in [0.5, 0.6) is 0 Å². The molecule has 0 spiro atoms. The maximum atomic E-state index is 13.9. The Morgan fingerprint density at radius 2 is 2.23 bits per heavy atom. The van der Waals surface area contributed by atoms with Crippen LogP contribution in [0.4, 0.5) is 4.39 Å². The van der Waals surface area contributed by atoms with Crippen molar-refractivity contribution in [3.63, 3.8) is 0 Å². The zero-order chi connectivity index (χ0) is 15.2. The van der Waals surface area contributed by atoms with Crippen LogP contribution in [0.2, 0.25) is 0 Å². The summed E-state index contributed by atoms with van der Waals surface area (Å²) in [5.41, 5.74) is 6.10. The van der Waals surface area contributed by atoms with Gasteiger partial charge in [-0.2, -0.15) is 0 Å². The van der Waals surface area contributed by atoms with E-state index in [1.807, 2.05) is 19.1 Å². The van der Waals surface area contributed by atoms with Gasteiger partial charge < -0.3 is 11.1 Å². The molecule has 1 aromatic carbocycles. The molecule has 0 radical (unpaired) electrons. The van der Waals surface area contributed by atoms with Gasteiger partial charge in [-0.3, -0.25) is 9.69 Å². The maximum Gasteiger partial charge on any atom is 0.224 e. The lowest BCUT2D eigenvalue weighted by atomic mass is 9.94. The van der Waals surface area contributed by atoms with E-state index in [0.717, 1.165) is 19.4 Å². The average molecular weight is 330 g/mol. The second-order valence-corrected chi connectivity index (χ2v) is 5.61. The minimum absolute atomic E-state index is 0. The van der Waals surface area contributed by atoms with Crippen molar-refractivity contribution >= 4 is 18.3 Å². The van der Waals surface area contributed by atoms with Crippen LogP contribution in [0.15, 0.2) is 24.3 Å². The Labute approximate surface area is 137 Å². The lowest BCUT2D eigenvalue weighted by Crippen LogP contribution is -2.44. The summed E-state index contributed by atoms with van der Waals surface area (Å²) < 4.78 is 13.9. The number of likely N-dealkylation sites (tertiary alicyclic amines) is 1. The van der Waals surface area contributed by atoms with Crippen molar-refractivity contribution < 1.29 is 9.18 Å². The van der Waals surface area contributed by atoms with Gasteiger partial charge in [0.15, 0.2) is 0 Å². The van der Waals surface area contributed by atoms with E-state index in [-0.39, 0.29) is 36.1 Å². The summed E-state index contributed by atoms with van der Waals surface area (Å²) in [4.78, 5) is 14.3. The van der Waals surface area contributed by atoms with Gasteiger partial charge in [0, 0.05) is 31.2 Å². The van der Waals surface area contributed by atoms with Gasteiger partial charge in [0.25, 0.3) is 0 Å². The van der Waals surface area contributed by atoms with Crippen LogP contribution < -0.4 is 11.1 Å². The number of nitrogens with one attached hydrogen (secondary N) is 1. The SMILES string of the molecule is CC(c1ccccc1F)N1CCCC(C(=O)NCCN)C1.Cl. The molecule has 0 aliphatic carbocycles. The molecule has 0 aromatic heterocycles. The minimum Gasteiger partial charge on any atom is -0.355 e. The first-order chi connectivity index (χ1) is 10.1. The smallest absolute Gasteiger partial charge is 0.224 e. The Hall–Kier alpha value is -1.17. The summed E-state index contributed by atoms with van der Waals surface area (Å²) in [5.74, 6) is -0.148. The zero-order valence-electron chi connectivity index (χ0n) is 12.9. The van der Waals surface area contributed by atoms with Gasteiger partial charge in [0.05, 0.1) is 5.92 Å². The summed E-state index contributed by atoms with van der Waals surface area (Å²) >= 11 is 0. The molecule has 2 rings (SSSR count). The number of carbonyl (C=O) groups excluding carboxylic acids is 1. The molecule has 6 heteroatoms. The van der Waals surface area contributed by atoms with E-state index >= 15 is 0 Å². The number of hydrogen-bond acceptors (Lipinski definition) is 3. The summed E-state index contributed by atoms with van der Waals surface area (Å²) in [5, 5.41) is 2.85. The highest BCUT2D eigenvalue weighted by Crippen LogP contribution is 2.28. The van der Waals surface area contributed by atoms with E-state index < -0.39 is 0 Å². The molecule has 22 heavy (non-hydrogen) atoms. The Morgan fingerprint density at radius 3 is 2.91 bits per heavy atom. The number of piperidine rings is 1. The van der Waals surface area contributed by atoms with Gasteiger partial charge in [0.1, 0.15) is 5.82 Å². The van der Waals surface area contributed by atoms with E-state index in [9.17, 15) is 9.18 Å². The molecule has 0 bridgehead atoms. The normalized spacial score (nSPS) is 20.0. The van der Waals surface area contributed by atoms with Gasteiger partial charge in [-0.15, -0.1) is 12.4 Å². The highest BCUT2D eigenvalue weighted by atomic mass is 35.5. The van der Waals surface area contributed by atoms with Crippen molar-refractivity contribution in [2.24, 2.45) is 11.7 Å². The van der Waals surface area contributed by atoms with E-state index in [1.165, 1.54) is 6.07 Å². The third-order valence-corrected chi connectivity index (χ3v) is 4.17. The fourth-order valence-electron chi connectivity index (χ4n) is 2.92. The number of carbonyl (C=O) groups is 1. The van der Waals surface area contributed by atoms with Gasteiger partial charge in [0.2, 0.25) is 5.91 Å². The number of halogens is 2. The Balaban J connectivity index is 0.00000242. The van der Waals surface area contributed by atoms with Gasteiger partial charge in [-0.1, -0.05) is 18.2 Å². The topological polar surface area (TPSA) is 58.4 Å². The van der Waals surface area contributed by atoms with Crippen LogP contribution >= 0.6 is 12.4 Å². The number of nitrogens with two attached hydrogens (primary N) is 1.